The second-order valence-corrected chi connectivity index (χ2v) is 5.00. The Balaban J connectivity index is 2.46. The van der Waals surface area contributed by atoms with E-state index >= 15 is 0 Å². The molecule has 106 valence electrons. The van der Waals surface area contributed by atoms with Crippen LogP contribution in [0.5, 0.6) is 0 Å². The van der Waals surface area contributed by atoms with Crippen molar-refractivity contribution in [3.05, 3.63) is 29.3 Å². The lowest BCUT2D eigenvalue weighted by Gasteiger charge is -2.07. The van der Waals surface area contributed by atoms with Crippen LogP contribution in [0.15, 0.2) is 12.1 Å². The zero-order valence-electron chi connectivity index (χ0n) is 11.3. The number of anilines is 1. The Hall–Kier alpha value is -1.65. The smallest absolute Gasteiger partial charge is 0.251 e. The van der Waals surface area contributed by atoms with Crippen molar-refractivity contribution in [3.63, 3.8) is 0 Å². The van der Waals surface area contributed by atoms with Crippen molar-refractivity contribution in [3.8, 4) is 0 Å². The van der Waals surface area contributed by atoms with Gasteiger partial charge in [-0.2, -0.15) is 0 Å². The molecule has 19 heavy (non-hydrogen) atoms. The summed E-state index contributed by atoms with van der Waals surface area (Å²) in [5.41, 5.74) is 4.53. The van der Waals surface area contributed by atoms with Crippen LogP contribution in [0.2, 0.25) is 0 Å². The van der Waals surface area contributed by atoms with Gasteiger partial charge in [0.1, 0.15) is 17.3 Å². The van der Waals surface area contributed by atoms with Crippen LogP contribution < -0.4 is 11.1 Å². The van der Waals surface area contributed by atoms with Crippen LogP contribution in [0.3, 0.4) is 0 Å². The van der Waals surface area contributed by atoms with Gasteiger partial charge in [-0.3, -0.25) is 4.79 Å². The molecule has 0 spiro atoms. The first-order valence-electron chi connectivity index (χ1n) is 6.44. The van der Waals surface area contributed by atoms with Crippen molar-refractivity contribution in [2.45, 2.75) is 33.1 Å². The lowest BCUT2D eigenvalue weighted by atomic mass is 10.1. The largest absolute Gasteiger partial charge is 0.394 e. The van der Waals surface area contributed by atoms with Crippen molar-refractivity contribution in [1.29, 1.82) is 0 Å². The Labute approximate surface area is 112 Å². The fourth-order valence-electron chi connectivity index (χ4n) is 1.70. The first kappa shape index (κ1) is 15.4. The van der Waals surface area contributed by atoms with Crippen molar-refractivity contribution in [2.75, 3.05) is 12.3 Å². The number of hydrogen-bond acceptors (Lipinski definition) is 2. The van der Waals surface area contributed by atoms with Crippen molar-refractivity contribution in [2.24, 2.45) is 5.92 Å². The number of carbonyl (C=O) groups excluding carboxylic acids is 1. The molecule has 0 unspecified atom stereocenters. The molecule has 0 aliphatic heterocycles. The summed E-state index contributed by atoms with van der Waals surface area (Å²) in [6.45, 7) is 4.77. The number of unbranched alkanes of at least 4 members (excludes halogenated alkanes) is 1. The molecule has 0 atom stereocenters. The van der Waals surface area contributed by atoms with Crippen LogP contribution in [-0.2, 0) is 0 Å². The van der Waals surface area contributed by atoms with Gasteiger partial charge in [-0.1, -0.05) is 26.7 Å². The van der Waals surface area contributed by atoms with Gasteiger partial charge in [0.25, 0.3) is 5.91 Å². The Morgan fingerprint density at radius 1 is 1.26 bits per heavy atom. The second kappa shape index (κ2) is 7.07. The average molecular weight is 270 g/mol. The number of nitrogen functional groups attached to an aromatic ring is 1. The minimum Gasteiger partial charge on any atom is -0.394 e. The summed E-state index contributed by atoms with van der Waals surface area (Å²) in [6, 6.07) is 1.89. The van der Waals surface area contributed by atoms with Gasteiger partial charge in [-0.05, 0) is 24.5 Å². The third-order valence-corrected chi connectivity index (χ3v) is 2.84. The molecule has 0 bridgehead atoms. The number of benzene rings is 1. The van der Waals surface area contributed by atoms with Gasteiger partial charge in [0, 0.05) is 12.1 Å². The van der Waals surface area contributed by atoms with E-state index in [1.807, 2.05) is 0 Å². The van der Waals surface area contributed by atoms with E-state index in [0.717, 1.165) is 31.4 Å². The number of carbonyl (C=O) groups is 1. The van der Waals surface area contributed by atoms with Crippen LogP contribution >= 0.6 is 0 Å². The summed E-state index contributed by atoms with van der Waals surface area (Å²) < 4.78 is 26.4. The SMILES string of the molecule is CC(C)CCCCNC(=O)c1cc(F)c(N)c(F)c1. The van der Waals surface area contributed by atoms with Gasteiger partial charge in [-0.25, -0.2) is 8.78 Å². The van der Waals surface area contributed by atoms with E-state index in [4.69, 9.17) is 5.73 Å². The predicted octanol–water partition coefficient (Wildman–Crippen LogP) is 3.10. The number of nitrogens with one attached hydrogen (secondary N) is 1. The van der Waals surface area contributed by atoms with E-state index in [9.17, 15) is 13.6 Å². The average Bonchev–Trinajstić information content (AvgIpc) is 2.34. The van der Waals surface area contributed by atoms with Crippen LogP contribution in [-0.4, -0.2) is 12.5 Å². The Morgan fingerprint density at radius 2 is 1.84 bits per heavy atom. The lowest BCUT2D eigenvalue weighted by molar-refractivity contribution is 0.0952. The molecule has 3 N–H and O–H groups in total. The number of hydrogen-bond donors (Lipinski definition) is 2. The molecular weight excluding hydrogens is 250 g/mol. The van der Waals surface area contributed by atoms with Crippen LogP contribution in [0.4, 0.5) is 14.5 Å². The minimum absolute atomic E-state index is 0.0481. The zero-order valence-corrected chi connectivity index (χ0v) is 11.3. The molecule has 0 radical (unpaired) electrons. The molecule has 0 aromatic heterocycles. The van der Waals surface area contributed by atoms with Gasteiger partial charge < -0.3 is 11.1 Å². The Morgan fingerprint density at radius 3 is 2.37 bits per heavy atom. The van der Waals surface area contributed by atoms with Crippen molar-refractivity contribution in [1.82, 2.24) is 5.32 Å². The maximum atomic E-state index is 13.2. The maximum Gasteiger partial charge on any atom is 0.251 e. The topological polar surface area (TPSA) is 55.1 Å². The van der Waals surface area contributed by atoms with Crippen molar-refractivity contribution < 1.29 is 13.6 Å². The summed E-state index contributed by atoms with van der Waals surface area (Å²) in [4.78, 5) is 11.7. The van der Waals surface area contributed by atoms with Gasteiger partial charge >= 0.3 is 0 Å². The minimum atomic E-state index is -0.912. The number of nitrogens with two attached hydrogens (primary N) is 1. The summed E-state index contributed by atoms with van der Waals surface area (Å²) in [5, 5.41) is 2.63. The predicted molar refractivity (Wildman–Crippen MR) is 71.8 cm³/mol. The summed E-state index contributed by atoms with van der Waals surface area (Å²) in [5.74, 6) is -1.67. The molecular formula is C14H20F2N2O. The Bertz CT molecular complexity index is 424. The van der Waals surface area contributed by atoms with E-state index in [-0.39, 0.29) is 5.56 Å². The molecule has 1 aromatic carbocycles. The van der Waals surface area contributed by atoms with E-state index in [0.29, 0.717) is 12.5 Å². The molecule has 0 aliphatic carbocycles. The van der Waals surface area contributed by atoms with Crippen LogP contribution in [0.1, 0.15) is 43.5 Å². The standard InChI is InChI=1S/C14H20F2N2O/c1-9(2)5-3-4-6-18-14(19)10-7-11(15)13(17)12(16)8-10/h7-9H,3-6,17H2,1-2H3,(H,18,19). The molecule has 0 fully saturated rings. The molecule has 1 amide bonds. The van der Waals surface area contributed by atoms with E-state index in [1.165, 1.54) is 0 Å². The van der Waals surface area contributed by atoms with Crippen LogP contribution in [0, 0.1) is 17.6 Å². The Kier molecular flexibility index (Phi) is 5.73. The van der Waals surface area contributed by atoms with E-state index in [2.05, 4.69) is 19.2 Å². The number of amides is 1. The molecule has 5 heteroatoms. The van der Waals surface area contributed by atoms with Gasteiger partial charge in [-0.15, -0.1) is 0 Å². The first-order valence-corrected chi connectivity index (χ1v) is 6.44. The highest BCUT2D eigenvalue weighted by Crippen LogP contribution is 2.17. The molecule has 1 rings (SSSR count). The lowest BCUT2D eigenvalue weighted by Crippen LogP contribution is -2.25. The number of rotatable bonds is 6. The summed E-state index contributed by atoms with van der Waals surface area (Å²) in [7, 11) is 0. The second-order valence-electron chi connectivity index (χ2n) is 5.00. The maximum absolute atomic E-state index is 13.2. The third kappa shape index (κ3) is 4.85. The highest BCUT2D eigenvalue weighted by atomic mass is 19.1. The fourth-order valence-corrected chi connectivity index (χ4v) is 1.70. The van der Waals surface area contributed by atoms with E-state index in [1.54, 1.807) is 0 Å². The monoisotopic (exact) mass is 270 g/mol. The molecule has 0 aliphatic rings. The molecule has 3 nitrogen and oxygen atoms in total. The molecule has 0 saturated heterocycles. The first-order chi connectivity index (χ1) is 8.91. The highest BCUT2D eigenvalue weighted by molar-refractivity contribution is 5.94. The zero-order chi connectivity index (χ0) is 14.4. The molecule has 1 aromatic rings. The fraction of sp³-hybridized carbons (Fsp3) is 0.500. The van der Waals surface area contributed by atoms with Crippen LogP contribution in [0.25, 0.3) is 0 Å². The quantitative estimate of drug-likeness (QED) is 0.616. The van der Waals surface area contributed by atoms with Crippen molar-refractivity contribution >= 4 is 11.6 Å². The molecule has 0 saturated carbocycles. The van der Waals surface area contributed by atoms with E-state index < -0.39 is 23.2 Å². The van der Waals surface area contributed by atoms with Gasteiger partial charge in [0.05, 0.1) is 0 Å². The summed E-state index contributed by atoms with van der Waals surface area (Å²) >= 11 is 0. The number of halogens is 2. The molecule has 0 heterocycles. The van der Waals surface area contributed by atoms with Gasteiger partial charge in [0.2, 0.25) is 0 Å². The third-order valence-electron chi connectivity index (χ3n) is 2.84. The normalized spacial score (nSPS) is 10.8. The van der Waals surface area contributed by atoms with Gasteiger partial charge in [0.15, 0.2) is 0 Å². The summed E-state index contributed by atoms with van der Waals surface area (Å²) in [6.07, 6.45) is 2.97. The highest BCUT2D eigenvalue weighted by Gasteiger charge is 2.12.